The van der Waals surface area contributed by atoms with E-state index in [0.717, 1.165) is 9.87 Å². The molecule has 200 valence electrons. The molecule has 0 unspecified atom stereocenters. The van der Waals surface area contributed by atoms with Gasteiger partial charge in [0.25, 0.3) is 21.6 Å². The summed E-state index contributed by atoms with van der Waals surface area (Å²) >= 11 is 0. The van der Waals surface area contributed by atoms with E-state index in [4.69, 9.17) is 4.42 Å². The number of amides is 1. The van der Waals surface area contributed by atoms with Crippen LogP contribution in [0.15, 0.2) is 105 Å². The van der Waals surface area contributed by atoms with E-state index in [2.05, 4.69) is 10.5 Å². The number of furan rings is 1. The summed E-state index contributed by atoms with van der Waals surface area (Å²) in [7, 11) is -4.04. The number of nitrogens with one attached hydrogen (secondary N) is 1. The quantitative estimate of drug-likeness (QED) is 0.162. The van der Waals surface area contributed by atoms with Crippen LogP contribution in [0.2, 0.25) is 0 Å². The molecule has 39 heavy (non-hydrogen) atoms. The highest BCUT2D eigenvalue weighted by molar-refractivity contribution is 7.92. The summed E-state index contributed by atoms with van der Waals surface area (Å²) in [6, 6.07) is 24.1. The minimum absolute atomic E-state index is 0.0333. The van der Waals surface area contributed by atoms with Crippen molar-refractivity contribution in [1.29, 1.82) is 0 Å². The Morgan fingerprint density at radius 1 is 1.00 bits per heavy atom. The Kier molecular flexibility index (Phi) is 8.21. The fourth-order valence-electron chi connectivity index (χ4n) is 3.72. The average molecular weight is 547 g/mol. The SMILES string of the molecule is CC(C)c1ccc(N(CC(=O)N/N=C\c2ccc(-c3ccc([N+](=O)[O-])cc3)o2)S(=O)(=O)c2ccccc2)cc1. The number of nitro groups is 1. The zero-order chi connectivity index (χ0) is 28.0. The van der Waals surface area contributed by atoms with Crippen molar-refractivity contribution >= 4 is 33.5 Å². The van der Waals surface area contributed by atoms with Crippen molar-refractivity contribution < 1.29 is 22.6 Å². The van der Waals surface area contributed by atoms with Gasteiger partial charge in [0.1, 0.15) is 18.1 Å². The van der Waals surface area contributed by atoms with Crippen molar-refractivity contribution in [3.8, 4) is 11.3 Å². The molecule has 0 spiro atoms. The van der Waals surface area contributed by atoms with Crippen LogP contribution in [0.25, 0.3) is 11.3 Å². The highest BCUT2D eigenvalue weighted by atomic mass is 32.2. The molecule has 0 radical (unpaired) electrons. The molecular formula is C28H26N4O6S. The van der Waals surface area contributed by atoms with E-state index in [9.17, 15) is 23.3 Å². The predicted molar refractivity (Wildman–Crippen MR) is 148 cm³/mol. The van der Waals surface area contributed by atoms with E-state index >= 15 is 0 Å². The van der Waals surface area contributed by atoms with Crippen LogP contribution in [-0.2, 0) is 14.8 Å². The molecule has 3 aromatic carbocycles. The minimum Gasteiger partial charge on any atom is -0.455 e. The van der Waals surface area contributed by atoms with Gasteiger partial charge in [-0.2, -0.15) is 5.10 Å². The van der Waals surface area contributed by atoms with Crippen molar-refractivity contribution in [2.45, 2.75) is 24.7 Å². The third kappa shape index (κ3) is 6.57. The molecule has 0 saturated carbocycles. The highest BCUT2D eigenvalue weighted by Crippen LogP contribution is 2.26. The lowest BCUT2D eigenvalue weighted by atomic mass is 10.0. The lowest BCUT2D eigenvalue weighted by Crippen LogP contribution is -2.39. The van der Waals surface area contributed by atoms with Crippen LogP contribution in [0.1, 0.15) is 31.1 Å². The first kappa shape index (κ1) is 27.3. The number of rotatable bonds is 10. The van der Waals surface area contributed by atoms with Crippen LogP contribution in [0.5, 0.6) is 0 Å². The van der Waals surface area contributed by atoms with Gasteiger partial charge in [-0.15, -0.1) is 0 Å². The second-order valence-electron chi connectivity index (χ2n) is 8.87. The Hall–Kier alpha value is -4.77. The topological polar surface area (TPSA) is 135 Å². The lowest BCUT2D eigenvalue weighted by Gasteiger charge is -2.24. The number of nitro benzene ring substituents is 1. The van der Waals surface area contributed by atoms with Gasteiger partial charge in [-0.1, -0.05) is 44.2 Å². The molecular weight excluding hydrogens is 520 g/mol. The standard InChI is InChI=1S/C28H26N4O6S/c1-20(2)21-8-12-23(13-9-21)31(39(36,37)26-6-4-3-5-7-26)19-28(33)30-29-18-25-16-17-27(38-25)22-10-14-24(15-11-22)32(34)35/h3-18,20H,19H2,1-2H3,(H,30,33)/b29-18-. The third-order valence-electron chi connectivity index (χ3n) is 5.84. The summed E-state index contributed by atoms with van der Waals surface area (Å²) in [4.78, 5) is 23.2. The summed E-state index contributed by atoms with van der Waals surface area (Å²) in [6.45, 7) is 3.57. The Labute approximate surface area is 225 Å². The molecule has 1 N–H and O–H groups in total. The zero-order valence-corrected chi connectivity index (χ0v) is 22.0. The highest BCUT2D eigenvalue weighted by Gasteiger charge is 2.27. The maximum atomic E-state index is 13.4. The molecule has 0 fully saturated rings. The number of hydrogen-bond donors (Lipinski definition) is 1. The fourth-order valence-corrected chi connectivity index (χ4v) is 5.16. The smallest absolute Gasteiger partial charge is 0.269 e. The van der Waals surface area contributed by atoms with Gasteiger partial charge in [-0.25, -0.2) is 13.8 Å². The van der Waals surface area contributed by atoms with E-state index in [1.807, 2.05) is 26.0 Å². The first-order chi connectivity index (χ1) is 18.6. The Morgan fingerprint density at radius 3 is 2.28 bits per heavy atom. The molecule has 0 atom stereocenters. The molecule has 0 aliphatic rings. The Bertz CT molecular complexity index is 1580. The largest absolute Gasteiger partial charge is 0.455 e. The second kappa shape index (κ2) is 11.7. The number of sulfonamides is 1. The number of benzene rings is 3. The predicted octanol–water partition coefficient (Wildman–Crippen LogP) is 5.32. The maximum absolute atomic E-state index is 13.4. The maximum Gasteiger partial charge on any atom is 0.269 e. The van der Waals surface area contributed by atoms with Gasteiger partial charge < -0.3 is 4.42 Å². The molecule has 0 aliphatic carbocycles. The van der Waals surface area contributed by atoms with E-state index < -0.39 is 27.4 Å². The summed E-state index contributed by atoms with van der Waals surface area (Å²) in [5.74, 6) is 0.392. The van der Waals surface area contributed by atoms with Crippen LogP contribution in [0, 0.1) is 10.1 Å². The van der Waals surface area contributed by atoms with Crippen molar-refractivity contribution in [1.82, 2.24) is 5.43 Å². The molecule has 4 rings (SSSR count). The van der Waals surface area contributed by atoms with Gasteiger partial charge in [0.05, 0.1) is 21.7 Å². The zero-order valence-electron chi connectivity index (χ0n) is 21.2. The summed E-state index contributed by atoms with van der Waals surface area (Å²) < 4.78 is 33.6. The van der Waals surface area contributed by atoms with E-state index in [-0.39, 0.29) is 16.5 Å². The number of nitrogens with zero attached hydrogens (tertiary/aromatic N) is 3. The summed E-state index contributed by atoms with van der Waals surface area (Å²) in [5, 5.41) is 14.7. The number of carbonyl (C=O) groups is 1. The van der Waals surface area contributed by atoms with E-state index in [1.165, 1.54) is 30.5 Å². The molecule has 4 aromatic rings. The van der Waals surface area contributed by atoms with Gasteiger partial charge in [0, 0.05) is 17.7 Å². The molecule has 1 amide bonds. The fraction of sp³-hybridized carbons (Fsp3) is 0.143. The van der Waals surface area contributed by atoms with Crippen LogP contribution >= 0.6 is 0 Å². The van der Waals surface area contributed by atoms with Gasteiger partial charge in [-0.3, -0.25) is 19.2 Å². The van der Waals surface area contributed by atoms with Crippen LogP contribution in [0.4, 0.5) is 11.4 Å². The molecule has 0 bridgehead atoms. The summed E-state index contributed by atoms with van der Waals surface area (Å²) in [5.41, 5.74) is 4.33. The first-order valence-corrected chi connectivity index (χ1v) is 13.4. The van der Waals surface area contributed by atoms with E-state index in [0.29, 0.717) is 22.8 Å². The Morgan fingerprint density at radius 2 is 1.67 bits per heavy atom. The van der Waals surface area contributed by atoms with Crippen molar-refractivity contribution in [3.05, 3.63) is 112 Å². The molecule has 0 aliphatic heterocycles. The Balaban J connectivity index is 1.48. The molecule has 10 nitrogen and oxygen atoms in total. The second-order valence-corrected chi connectivity index (χ2v) is 10.7. The molecule has 1 aromatic heterocycles. The minimum atomic E-state index is -4.04. The van der Waals surface area contributed by atoms with E-state index in [1.54, 1.807) is 54.6 Å². The number of hydrazone groups is 1. The monoisotopic (exact) mass is 546 g/mol. The molecule has 1 heterocycles. The number of carbonyl (C=O) groups excluding carboxylic acids is 1. The normalized spacial score (nSPS) is 11.6. The van der Waals surface area contributed by atoms with Gasteiger partial charge >= 0.3 is 0 Å². The first-order valence-electron chi connectivity index (χ1n) is 12.0. The summed E-state index contributed by atoms with van der Waals surface area (Å²) in [6.07, 6.45) is 1.28. The average Bonchev–Trinajstić information content (AvgIpc) is 3.41. The van der Waals surface area contributed by atoms with Crippen molar-refractivity contribution in [2.75, 3.05) is 10.8 Å². The number of anilines is 1. The third-order valence-corrected chi connectivity index (χ3v) is 7.62. The van der Waals surface area contributed by atoms with Crippen molar-refractivity contribution in [3.63, 3.8) is 0 Å². The van der Waals surface area contributed by atoms with Crippen LogP contribution in [0.3, 0.4) is 0 Å². The van der Waals surface area contributed by atoms with Gasteiger partial charge in [0.15, 0.2) is 0 Å². The van der Waals surface area contributed by atoms with Crippen molar-refractivity contribution in [2.24, 2.45) is 5.10 Å². The molecule has 0 saturated heterocycles. The number of non-ortho nitro benzene ring substituents is 1. The van der Waals surface area contributed by atoms with Gasteiger partial charge in [-0.05, 0) is 60.0 Å². The number of hydrogen-bond acceptors (Lipinski definition) is 7. The molecule has 11 heteroatoms. The lowest BCUT2D eigenvalue weighted by molar-refractivity contribution is -0.384. The van der Waals surface area contributed by atoms with Gasteiger partial charge in [0.2, 0.25) is 0 Å². The van der Waals surface area contributed by atoms with Crippen LogP contribution < -0.4 is 9.73 Å². The van der Waals surface area contributed by atoms with Crippen LogP contribution in [-0.4, -0.2) is 32.0 Å².